The SMILES string of the molecule is NC1=NC2(c3nc(NC(=O)c4cc5n(n4)CCC5)cs3)COCCC2CS1. The molecular formula is C17H20N6O2S2. The summed E-state index contributed by atoms with van der Waals surface area (Å²) in [4.78, 5) is 22.0. The Morgan fingerprint density at radius 2 is 2.41 bits per heavy atom. The number of carbonyl (C=O) groups excluding carboxylic acids is 1. The van der Waals surface area contributed by atoms with E-state index in [1.165, 1.54) is 11.3 Å². The lowest BCUT2D eigenvalue weighted by atomic mass is 9.82. The van der Waals surface area contributed by atoms with Crippen LogP contribution in [0.4, 0.5) is 5.82 Å². The summed E-state index contributed by atoms with van der Waals surface area (Å²) >= 11 is 3.08. The van der Waals surface area contributed by atoms with Gasteiger partial charge >= 0.3 is 0 Å². The maximum atomic E-state index is 12.5. The minimum absolute atomic E-state index is 0.232. The number of carbonyl (C=O) groups is 1. The highest BCUT2D eigenvalue weighted by Gasteiger charge is 2.47. The van der Waals surface area contributed by atoms with Gasteiger partial charge in [0.1, 0.15) is 16.4 Å². The van der Waals surface area contributed by atoms with Crippen molar-refractivity contribution in [3.63, 3.8) is 0 Å². The summed E-state index contributed by atoms with van der Waals surface area (Å²) in [5, 5.41) is 10.5. The third-order valence-electron chi connectivity index (χ3n) is 5.37. The average Bonchev–Trinajstić information content (AvgIpc) is 3.37. The van der Waals surface area contributed by atoms with Crippen LogP contribution in [-0.4, -0.2) is 44.8 Å². The van der Waals surface area contributed by atoms with Gasteiger partial charge in [-0.25, -0.2) is 9.98 Å². The summed E-state index contributed by atoms with van der Waals surface area (Å²) in [7, 11) is 0. The summed E-state index contributed by atoms with van der Waals surface area (Å²) in [5.74, 6) is 1.55. The van der Waals surface area contributed by atoms with Crippen molar-refractivity contribution in [1.82, 2.24) is 14.8 Å². The Morgan fingerprint density at radius 1 is 1.48 bits per heavy atom. The second-order valence-corrected chi connectivity index (χ2v) is 8.96. The molecule has 3 aliphatic rings. The number of amidine groups is 1. The third-order valence-corrected chi connectivity index (χ3v) is 7.33. The molecule has 3 N–H and O–H groups in total. The van der Waals surface area contributed by atoms with Crippen molar-refractivity contribution in [3.8, 4) is 0 Å². The lowest BCUT2D eigenvalue weighted by Gasteiger charge is -2.41. The smallest absolute Gasteiger partial charge is 0.277 e. The van der Waals surface area contributed by atoms with Gasteiger partial charge in [0.25, 0.3) is 5.91 Å². The number of thiazole rings is 1. The van der Waals surface area contributed by atoms with Crippen LogP contribution in [0.2, 0.25) is 0 Å². The molecule has 3 aliphatic heterocycles. The van der Waals surface area contributed by atoms with Crippen LogP contribution in [0.5, 0.6) is 0 Å². The normalized spacial score (nSPS) is 27.0. The zero-order valence-corrected chi connectivity index (χ0v) is 16.3. The van der Waals surface area contributed by atoms with Crippen LogP contribution in [-0.2, 0) is 23.2 Å². The maximum absolute atomic E-state index is 12.5. The van der Waals surface area contributed by atoms with E-state index in [9.17, 15) is 4.79 Å². The van der Waals surface area contributed by atoms with Crippen molar-refractivity contribution < 1.29 is 9.53 Å². The van der Waals surface area contributed by atoms with Gasteiger partial charge in [0, 0.05) is 35.9 Å². The molecule has 0 bridgehead atoms. The molecule has 2 aromatic rings. The Hall–Kier alpha value is -1.91. The minimum Gasteiger partial charge on any atom is -0.379 e. The first-order valence-corrected chi connectivity index (χ1v) is 10.9. The maximum Gasteiger partial charge on any atom is 0.277 e. The van der Waals surface area contributed by atoms with Crippen molar-refractivity contribution in [1.29, 1.82) is 0 Å². The number of hydrogen-bond acceptors (Lipinski definition) is 8. The summed E-state index contributed by atoms with van der Waals surface area (Å²) in [6.07, 6.45) is 3.00. The van der Waals surface area contributed by atoms with Gasteiger partial charge in [-0.1, -0.05) is 11.8 Å². The van der Waals surface area contributed by atoms with E-state index in [1.54, 1.807) is 11.8 Å². The van der Waals surface area contributed by atoms with E-state index in [4.69, 9.17) is 15.5 Å². The fraction of sp³-hybridized carbons (Fsp3) is 0.529. The van der Waals surface area contributed by atoms with Crippen molar-refractivity contribution in [3.05, 3.63) is 27.8 Å². The number of nitrogens with zero attached hydrogens (tertiary/aromatic N) is 4. The lowest BCUT2D eigenvalue weighted by molar-refractivity contribution is 0.00448. The Kier molecular flexibility index (Phi) is 4.21. The highest BCUT2D eigenvalue weighted by atomic mass is 32.2. The highest BCUT2D eigenvalue weighted by Crippen LogP contribution is 2.45. The number of fused-ring (bicyclic) bond motifs is 2. The molecule has 5 heterocycles. The quantitative estimate of drug-likeness (QED) is 0.808. The fourth-order valence-corrected chi connectivity index (χ4v) is 5.94. The molecule has 0 saturated carbocycles. The van der Waals surface area contributed by atoms with Gasteiger partial charge in [-0.15, -0.1) is 11.3 Å². The molecule has 0 spiro atoms. The Labute approximate surface area is 164 Å². The van der Waals surface area contributed by atoms with Crippen molar-refractivity contribution >= 4 is 40.0 Å². The zero-order chi connectivity index (χ0) is 18.4. The van der Waals surface area contributed by atoms with E-state index >= 15 is 0 Å². The molecule has 27 heavy (non-hydrogen) atoms. The number of rotatable bonds is 3. The Morgan fingerprint density at radius 3 is 3.30 bits per heavy atom. The van der Waals surface area contributed by atoms with Gasteiger partial charge < -0.3 is 15.8 Å². The molecule has 8 nitrogen and oxygen atoms in total. The van der Waals surface area contributed by atoms with E-state index in [0.717, 1.165) is 48.9 Å². The number of ether oxygens (including phenoxy) is 1. The predicted octanol–water partition coefficient (Wildman–Crippen LogP) is 1.83. The van der Waals surface area contributed by atoms with Gasteiger partial charge in [0.15, 0.2) is 10.9 Å². The monoisotopic (exact) mass is 404 g/mol. The van der Waals surface area contributed by atoms with Crippen molar-refractivity contribution in [2.75, 3.05) is 24.3 Å². The highest BCUT2D eigenvalue weighted by molar-refractivity contribution is 8.13. The third kappa shape index (κ3) is 2.95. The van der Waals surface area contributed by atoms with Crippen LogP contribution in [0.3, 0.4) is 0 Å². The molecule has 0 radical (unpaired) electrons. The van der Waals surface area contributed by atoms with E-state index in [-0.39, 0.29) is 5.91 Å². The molecule has 0 aliphatic carbocycles. The first kappa shape index (κ1) is 17.2. The number of aliphatic imine (C=N–C) groups is 1. The average molecular weight is 405 g/mol. The summed E-state index contributed by atoms with van der Waals surface area (Å²) in [6.45, 7) is 2.10. The Bertz CT molecular complexity index is 901. The standard InChI is InChI=1S/C17H20N6O2S2/c18-16-21-17(9-25-5-3-10(17)7-27-16)15-20-13(8-26-15)19-14(24)12-6-11-2-1-4-23(11)22-12/h6,8,10H,1-5,7,9H2,(H2,18,21)(H,19,24). The zero-order valence-electron chi connectivity index (χ0n) is 14.7. The molecule has 0 aromatic carbocycles. The number of hydrogen-bond donors (Lipinski definition) is 2. The molecule has 142 valence electrons. The summed E-state index contributed by atoms with van der Waals surface area (Å²) in [6, 6.07) is 1.86. The van der Waals surface area contributed by atoms with Crippen LogP contribution >= 0.6 is 23.1 Å². The molecule has 2 atom stereocenters. The largest absolute Gasteiger partial charge is 0.379 e. The van der Waals surface area contributed by atoms with Crippen LogP contribution < -0.4 is 11.1 Å². The van der Waals surface area contributed by atoms with Gasteiger partial charge in [-0.3, -0.25) is 9.48 Å². The molecule has 2 aromatic heterocycles. The van der Waals surface area contributed by atoms with E-state index in [0.29, 0.717) is 29.2 Å². The molecule has 1 fully saturated rings. The summed E-state index contributed by atoms with van der Waals surface area (Å²) in [5.41, 5.74) is 7.04. The topological polar surface area (TPSA) is 107 Å². The second-order valence-electron chi connectivity index (χ2n) is 7.06. The van der Waals surface area contributed by atoms with Crippen LogP contribution in [0.1, 0.15) is 34.0 Å². The minimum atomic E-state index is -0.531. The molecule has 1 saturated heterocycles. The summed E-state index contributed by atoms with van der Waals surface area (Å²) < 4.78 is 7.64. The van der Waals surface area contributed by atoms with Gasteiger partial charge in [0.05, 0.1) is 6.61 Å². The molecular weight excluding hydrogens is 384 g/mol. The van der Waals surface area contributed by atoms with Gasteiger partial charge in [0.2, 0.25) is 0 Å². The molecule has 2 unspecified atom stereocenters. The second kappa shape index (κ2) is 6.61. The van der Waals surface area contributed by atoms with E-state index in [2.05, 4.69) is 15.4 Å². The number of nitrogens with one attached hydrogen (secondary N) is 1. The first-order valence-electron chi connectivity index (χ1n) is 9.04. The fourth-order valence-electron chi connectivity index (χ4n) is 3.94. The lowest BCUT2D eigenvalue weighted by Crippen LogP contribution is -2.47. The van der Waals surface area contributed by atoms with E-state index in [1.807, 2.05) is 16.1 Å². The van der Waals surface area contributed by atoms with Crippen LogP contribution in [0.25, 0.3) is 0 Å². The van der Waals surface area contributed by atoms with Crippen LogP contribution in [0, 0.1) is 5.92 Å². The van der Waals surface area contributed by atoms with E-state index < -0.39 is 5.54 Å². The molecule has 5 rings (SSSR count). The number of amides is 1. The predicted molar refractivity (Wildman–Crippen MR) is 105 cm³/mol. The van der Waals surface area contributed by atoms with Crippen LogP contribution in [0.15, 0.2) is 16.4 Å². The molecule has 10 heteroatoms. The Balaban J connectivity index is 1.39. The number of nitrogens with two attached hydrogens (primary N) is 1. The number of aryl methyl sites for hydroxylation is 2. The first-order chi connectivity index (χ1) is 13.1. The van der Waals surface area contributed by atoms with Gasteiger partial charge in [-0.05, 0) is 25.3 Å². The number of anilines is 1. The number of aromatic nitrogens is 3. The number of thioether (sulfide) groups is 1. The molecule has 1 amide bonds. The van der Waals surface area contributed by atoms with Crippen molar-refractivity contribution in [2.45, 2.75) is 31.3 Å². The van der Waals surface area contributed by atoms with Crippen molar-refractivity contribution in [2.24, 2.45) is 16.6 Å². The van der Waals surface area contributed by atoms with Gasteiger partial charge in [-0.2, -0.15) is 5.10 Å².